The van der Waals surface area contributed by atoms with Crippen molar-refractivity contribution in [2.75, 3.05) is 32.8 Å². The van der Waals surface area contributed by atoms with Gasteiger partial charge in [-0.15, -0.1) is 0 Å². The number of amides is 2. The molecule has 8 heteroatoms. The molecule has 2 rings (SSSR count). The first kappa shape index (κ1) is 21.8. The molecule has 1 aliphatic heterocycles. The van der Waals surface area contributed by atoms with Crippen LogP contribution in [0.3, 0.4) is 0 Å². The van der Waals surface area contributed by atoms with Crippen LogP contribution in [0.15, 0.2) is 18.6 Å². The van der Waals surface area contributed by atoms with Crippen molar-refractivity contribution in [3.8, 4) is 0 Å². The Morgan fingerprint density at radius 1 is 1.18 bits per heavy atom. The van der Waals surface area contributed by atoms with E-state index in [0.717, 1.165) is 12.8 Å². The first-order valence-corrected chi connectivity index (χ1v) is 10.1. The molecule has 0 atom stereocenters. The van der Waals surface area contributed by atoms with Gasteiger partial charge in [-0.25, -0.2) is 4.98 Å². The third-order valence-electron chi connectivity index (χ3n) is 4.91. The smallest absolute Gasteiger partial charge is 0.309 e. The molecule has 154 valence electrons. The van der Waals surface area contributed by atoms with Gasteiger partial charge in [-0.05, 0) is 26.2 Å². The highest BCUT2D eigenvalue weighted by molar-refractivity contribution is 5.92. The summed E-state index contributed by atoms with van der Waals surface area (Å²) in [5.74, 6) is -0.482. The molecule has 0 aromatic carbocycles. The minimum absolute atomic E-state index is 0.00996. The van der Waals surface area contributed by atoms with Gasteiger partial charge in [0.15, 0.2) is 0 Å². The molecule has 1 aromatic heterocycles. The van der Waals surface area contributed by atoms with Crippen LogP contribution in [-0.4, -0.2) is 70.3 Å². The molecule has 0 spiro atoms. The predicted octanol–water partition coefficient (Wildman–Crippen LogP) is 1.91. The number of piperidine rings is 1. The lowest BCUT2D eigenvalue weighted by molar-refractivity contribution is -0.151. The van der Waals surface area contributed by atoms with Crippen LogP contribution in [-0.2, 0) is 14.3 Å². The first-order valence-electron chi connectivity index (χ1n) is 10.1. The minimum Gasteiger partial charge on any atom is -0.466 e. The van der Waals surface area contributed by atoms with Crippen molar-refractivity contribution in [3.63, 3.8) is 0 Å². The van der Waals surface area contributed by atoms with Crippen LogP contribution in [0.25, 0.3) is 0 Å². The summed E-state index contributed by atoms with van der Waals surface area (Å²) in [5, 5.41) is 0. The van der Waals surface area contributed by atoms with Crippen LogP contribution >= 0.6 is 0 Å². The zero-order valence-corrected chi connectivity index (χ0v) is 16.8. The van der Waals surface area contributed by atoms with Crippen molar-refractivity contribution in [1.82, 2.24) is 19.8 Å². The van der Waals surface area contributed by atoms with Gasteiger partial charge in [0.1, 0.15) is 5.69 Å². The molecule has 0 aliphatic carbocycles. The van der Waals surface area contributed by atoms with Crippen molar-refractivity contribution < 1.29 is 19.1 Å². The van der Waals surface area contributed by atoms with Gasteiger partial charge in [0.25, 0.3) is 5.91 Å². The van der Waals surface area contributed by atoms with E-state index in [9.17, 15) is 14.4 Å². The third-order valence-corrected chi connectivity index (χ3v) is 4.91. The second-order valence-corrected chi connectivity index (χ2v) is 6.89. The van der Waals surface area contributed by atoms with Gasteiger partial charge in [0, 0.05) is 45.0 Å². The number of carbonyl (C=O) groups is 3. The number of ether oxygens (including phenoxy) is 1. The van der Waals surface area contributed by atoms with E-state index < -0.39 is 0 Å². The summed E-state index contributed by atoms with van der Waals surface area (Å²) in [5.41, 5.74) is 0.293. The Morgan fingerprint density at radius 3 is 2.54 bits per heavy atom. The Hall–Kier alpha value is -2.51. The molecule has 0 radical (unpaired) electrons. The van der Waals surface area contributed by atoms with Gasteiger partial charge in [-0.3, -0.25) is 19.4 Å². The van der Waals surface area contributed by atoms with Crippen molar-refractivity contribution in [1.29, 1.82) is 0 Å². The van der Waals surface area contributed by atoms with Crippen molar-refractivity contribution in [2.24, 2.45) is 5.92 Å². The van der Waals surface area contributed by atoms with Gasteiger partial charge in [-0.1, -0.05) is 13.3 Å². The van der Waals surface area contributed by atoms with Crippen LogP contribution in [0.2, 0.25) is 0 Å². The Morgan fingerprint density at radius 2 is 1.93 bits per heavy atom. The number of hydrogen-bond acceptors (Lipinski definition) is 6. The molecule has 1 aromatic rings. The molecule has 0 N–H and O–H groups in total. The Bertz CT molecular complexity index is 645. The molecule has 0 saturated carbocycles. The molecular formula is C20H30N4O4. The summed E-state index contributed by atoms with van der Waals surface area (Å²) in [6, 6.07) is 0. The minimum atomic E-state index is -0.199. The predicted molar refractivity (Wildman–Crippen MR) is 103 cm³/mol. The molecular weight excluding hydrogens is 360 g/mol. The summed E-state index contributed by atoms with van der Waals surface area (Å²) in [6.45, 7) is 6.28. The SMILES string of the molecule is CCCCN(CCC(=O)N1CCC(C(=O)OCC)CC1)C(=O)c1cnccn1. The maximum Gasteiger partial charge on any atom is 0.309 e. The lowest BCUT2D eigenvalue weighted by atomic mass is 9.97. The second kappa shape index (κ2) is 11.4. The average molecular weight is 390 g/mol. The number of rotatable bonds is 9. The maximum atomic E-state index is 12.7. The first-order chi connectivity index (χ1) is 13.6. The van der Waals surface area contributed by atoms with Crippen LogP contribution in [0.5, 0.6) is 0 Å². The van der Waals surface area contributed by atoms with Crippen molar-refractivity contribution in [3.05, 3.63) is 24.3 Å². The molecule has 8 nitrogen and oxygen atoms in total. The van der Waals surface area contributed by atoms with Crippen molar-refractivity contribution in [2.45, 2.75) is 46.0 Å². The molecule has 2 heterocycles. The van der Waals surface area contributed by atoms with Crippen molar-refractivity contribution >= 4 is 17.8 Å². The van der Waals surface area contributed by atoms with E-state index >= 15 is 0 Å². The average Bonchev–Trinajstić information content (AvgIpc) is 2.74. The van der Waals surface area contributed by atoms with Gasteiger partial charge in [-0.2, -0.15) is 0 Å². The normalized spacial score (nSPS) is 14.6. The molecule has 1 saturated heterocycles. The Labute approximate surface area is 166 Å². The largest absolute Gasteiger partial charge is 0.466 e. The van der Waals surface area contributed by atoms with Crippen LogP contribution < -0.4 is 0 Å². The third kappa shape index (κ3) is 6.28. The molecule has 0 unspecified atom stereocenters. The van der Waals surface area contributed by atoms with E-state index in [1.54, 1.807) is 16.7 Å². The van der Waals surface area contributed by atoms with E-state index in [1.807, 2.05) is 0 Å². The lowest BCUT2D eigenvalue weighted by Crippen LogP contribution is -2.42. The summed E-state index contributed by atoms with van der Waals surface area (Å²) >= 11 is 0. The number of unbranched alkanes of at least 4 members (excludes halogenated alkanes) is 1. The molecule has 28 heavy (non-hydrogen) atoms. The molecule has 2 amide bonds. The Kier molecular flexibility index (Phi) is 8.84. The standard InChI is InChI=1S/C20H30N4O4/c1-3-5-11-24(19(26)17-15-21-9-10-22-17)14-8-18(25)23-12-6-16(7-13-23)20(27)28-4-2/h9-10,15-16H,3-8,11-14H2,1-2H3. The van der Waals surface area contributed by atoms with E-state index in [1.165, 1.54) is 18.6 Å². The van der Waals surface area contributed by atoms with Crippen LogP contribution in [0.1, 0.15) is 56.4 Å². The van der Waals surface area contributed by atoms with E-state index in [-0.39, 0.29) is 30.1 Å². The zero-order valence-electron chi connectivity index (χ0n) is 16.8. The fraction of sp³-hybridized carbons (Fsp3) is 0.650. The highest BCUT2D eigenvalue weighted by atomic mass is 16.5. The Balaban J connectivity index is 1.86. The van der Waals surface area contributed by atoms with Gasteiger partial charge < -0.3 is 14.5 Å². The fourth-order valence-corrected chi connectivity index (χ4v) is 3.25. The highest BCUT2D eigenvalue weighted by Gasteiger charge is 2.28. The number of nitrogens with zero attached hydrogens (tertiary/aromatic N) is 4. The lowest BCUT2D eigenvalue weighted by Gasteiger charge is -2.31. The summed E-state index contributed by atoms with van der Waals surface area (Å²) in [7, 11) is 0. The number of hydrogen-bond donors (Lipinski definition) is 0. The van der Waals surface area contributed by atoms with E-state index in [0.29, 0.717) is 51.3 Å². The summed E-state index contributed by atoms with van der Waals surface area (Å²) in [6.07, 6.45) is 7.81. The van der Waals surface area contributed by atoms with Gasteiger partial charge in [0.2, 0.25) is 5.91 Å². The maximum absolute atomic E-state index is 12.7. The fourth-order valence-electron chi connectivity index (χ4n) is 3.25. The number of esters is 1. The topological polar surface area (TPSA) is 92.7 Å². The summed E-state index contributed by atoms with van der Waals surface area (Å²) < 4.78 is 5.06. The highest BCUT2D eigenvalue weighted by Crippen LogP contribution is 2.19. The number of aromatic nitrogens is 2. The van der Waals surface area contributed by atoms with E-state index in [4.69, 9.17) is 4.74 Å². The monoisotopic (exact) mass is 390 g/mol. The van der Waals surface area contributed by atoms with Gasteiger partial charge in [0.05, 0.1) is 18.7 Å². The molecule has 1 fully saturated rings. The second-order valence-electron chi connectivity index (χ2n) is 6.89. The van der Waals surface area contributed by atoms with Gasteiger partial charge >= 0.3 is 5.97 Å². The number of carbonyl (C=O) groups excluding carboxylic acids is 3. The van der Waals surface area contributed by atoms with E-state index in [2.05, 4.69) is 16.9 Å². The zero-order chi connectivity index (χ0) is 20.4. The quantitative estimate of drug-likeness (QED) is 0.598. The van der Waals surface area contributed by atoms with Crippen LogP contribution in [0.4, 0.5) is 0 Å². The molecule has 1 aliphatic rings. The molecule has 0 bridgehead atoms. The summed E-state index contributed by atoms with van der Waals surface area (Å²) in [4.78, 5) is 48.5. The van der Waals surface area contributed by atoms with Crippen LogP contribution in [0, 0.1) is 5.92 Å². The number of likely N-dealkylation sites (tertiary alicyclic amines) is 1.